The summed E-state index contributed by atoms with van der Waals surface area (Å²) < 4.78 is 27.4. The van der Waals surface area contributed by atoms with Gasteiger partial charge in [0.1, 0.15) is 30.1 Å². The molecule has 3 heterocycles. The van der Waals surface area contributed by atoms with Crippen LogP contribution in [0.15, 0.2) is 71.3 Å². The van der Waals surface area contributed by atoms with Gasteiger partial charge in [0, 0.05) is 92.7 Å². The van der Waals surface area contributed by atoms with E-state index in [0.29, 0.717) is 95.0 Å². The van der Waals surface area contributed by atoms with Crippen LogP contribution in [-0.2, 0) is 58.9 Å². The first-order valence-corrected chi connectivity index (χ1v) is 36.2. The predicted molar refractivity (Wildman–Crippen MR) is 381 cm³/mol. The van der Waals surface area contributed by atoms with Crippen LogP contribution in [-0.4, -0.2) is 87.4 Å². The second kappa shape index (κ2) is 45.4. The summed E-state index contributed by atoms with van der Waals surface area (Å²) in [4.78, 5) is 72.8. The van der Waals surface area contributed by atoms with Gasteiger partial charge in [0.25, 0.3) is 0 Å². The van der Waals surface area contributed by atoms with Gasteiger partial charge < -0.3 is 56.2 Å². The van der Waals surface area contributed by atoms with Gasteiger partial charge in [-0.2, -0.15) is 11.1 Å². The summed E-state index contributed by atoms with van der Waals surface area (Å²) in [5.74, 6) is 4.55. The lowest BCUT2D eigenvalue weighted by atomic mass is 9.80. The molecule has 1 saturated carbocycles. The van der Waals surface area contributed by atoms with Crippen LogP contribution in [0.1, 0.15) is 248 Å². The number of Topliss-reactive ketones (excluding diaryl/α,β-unsaturated/α-hetero) is 4. The monoisotopic (exact) mass is 1340 g/mol. The maximum atomic E-state index is 13.5. The second-order valence-electron chi connectivity index (χ2n) is 29.2. The number of carbonyl (C=O) groups excluding carboxylic acids is 6. The van der Waals surface area contributed by atoms with Gasteiger partial charge in [-0.25, -0.2) is 0 Å². The molecule has 96 heavy (non-hydrogen) atoms. The smallest absolute Gasteiger partial charge is 0.308 e. The number of ketones is 4. The maximum Gasteiger partial charge on any atom is 0.308 e. The van der Waals surface area contributed by atoms with E-state index in [9.17, 15) is 28.8 Å². The largest absolute Gasteiger partial charge is 0.465 e. The first kappa shape index (κ1) is 82.3. The lowest BCUT2D eigenvalue weighted by molar-refractivity contribution is -0.150. The van der Waals surface area contributed by atoms with Crippen molar-refractivity contribution < 1.29 is 52.5 Å². The molecule has 9 rings (SSSR count). The summed E-state index contributed by atoms with van der Waals surface area (Å²) in [5, 5.41) is 0. The zero-order valence-corrected chi connectivity index (χ0v) is 61.3. The number of hydrazine groups is 6. The molecule has 4 aliphatic carbocycles. The number of carbonyl (C=O) groups is 6. The number of nitrogens with one attached hydrogen (secondary N) is 9. The fourth-order valence-electron chi connectivity index (χ4n) is 11.5. The summed E-state index contributed by atoms with van der Waals surface area (Å²) in [6.45, 7) is 34.3. The van der Waals surface area contributed by atoms with Crippen LogP contribution in [0.5, 0.6) is 0 Å². The molecule has 9 N–H and O–H groups in total. The minimum absolute atomic E-state index is 0.0195. The minimum atomic E-state index is -0.326. The van der Waals surface area contributed by atoms with E-state index in [1.807, 2.05) is 50.2 Å². The van der Waals surface area contributed by atoms with Crippen molar-refractivity contribution in [1.29, 1.82) is 0 Å². The highest BCUT2D eigenvalue weighted by atomic mass is 16.5. The average Bonchev–Trinajstić information content (AvgIpc) is 1.51. The molecular formula is C76H125N9O11. The Kier molecular flexibility index (Phi) is 38.9. The number of rotatable bonds is 28. The summed E-state index contributed by atoms with van der Waals surface area (Å²) in [6, 6.07) is 16.1. The summed E-state index contributed by atoms with van der Waals surface area (Å²) in [7, 11) is 0. The van der Waals surface area contributed by atoms with Gasteiger partial charge in [0.05, 0.1) is 48.5 Å². The number of hydrogen-bond acceptors (Lipinski definition) is 20. The van der Waals surface area contributed by atoms with Crippen molar-refractivity contribution in [3.05, 3.63) is 93.6 Å². The van der Waals surface area contributed by atoms with Crippen molar-refractivity contribution in [2.75, 3.05) is 46.2 Å². The van der Waals surface area contributed by atoms with E-state index in [4.69, 9.17) is 23.7 Å². The number of esters is 2. The molecule has 540 valence electrons. The second-order valence-corrected chi connectivity index (χ2v) is 29.2. The SMILES string of the molecule is CC(C)C.CC(C)C.CC(C)C.CC(C)C(=O)CCOCCCC(=O)CCC(=O)C1Cc2ccccc2C2=C(NNN2)c2ccccc21.CC(C)C(=O)OCCCC(=O)OCC1C2CCC3=C(CCC21)NNN3.CC(C)COCCCC(=O)COC1CCCCCC2=C1NNN2. The molecule has 0 aromatic heterocycles. The van der Waals surface area contributed by atoms with Gasteiger partial charge in [0.2, 0.25) is 0 Å². The summed E-state index contributed by atoms with van der Waals surface area (Å²) >= 11 is 0. The number of fused-ring (bicyclic) bond motifs is 5. The molecule has 0 spiro atoms. The van der Waals surface area contributed by atoms with Crippen molar-refractivity contribution in [2.24, 2.45) is 53.3 Å². The molecule has 3 aliphatic heterocycles. The molecule has 7 aliphatic rings. The Hall–Kier alpha value is -6.16. The van der Waals surface area contributed by atoms with Crippen molar-refractivity contribution in [3.8, 4) is 0 Å². The van der Waals surface area contributed by atoms with Crippen molar-refractivity contribution in [2.45, 2.75) is 238 Å². The summed E-state index contributed by atoms with van der Waals surface area (Å²) in [5.41, 5.74) is 38.7. The molecule has 20 nitrogen and oxygen atoms in total. The van der Waals surface area contributed by atoms with Gasteiger partial charge in [0.15, 0.2) is 5.78 Å². The maximum absolute atomic E-state index is 13.5. The minimum Gasteiger partial charge on any atom is -0.465 e. The number of hydrogen-bond donors (Lipinski definition) is 9. The molecule has 2 aromatic rings. The van der Waals surface area contributed by atoms with E-state index in [2.05, 4.69) is 137 Å². The quantitative estimate of drug-likeness (QED) is 0.0283. The van der Waals surface area contributed by atoms with Crippen molar-refractivity contribution >= 4 is 46.5 Å². The zero-order valence-electron chi connectivity index (χ0n) is 61.3. The fraction of sp³-hybridized carbons (Fsp3) is 0.684. The third kappa shape index (κ3) is 31.6. The number of ether oxygens (including phenoxy) is 5. The van der Waals surface area contributed by atoms with Gasteiger partial charge in [-0.1, -0.05) is 165 Å². The third-order valence-corrected chi connectivity index (χ3v) is 16.4. The van der Waals surface area contributed by atoms with Crippen molar-refractivity contribution in [1.82, 2.24) is 49.2 Å². The van der Waals surface area contributed by atoms with Gasteiger partial charge >= 0.3 is 11.9 Å². The highest BCUT2D eigenvalue weighted by molar-refractivity contribution is 5.97. The Balaban J connectivity index is 0.000000288. The van der Waals surface area contributed by atoms with E-state index in [0.717, 1.165) is 115 Å². The molecule has 0 bridgehead atoms. The Bertz CT molecular complexity index is 2750. The highest BCUT2D eigenvalue weighted by Crippen LogP contribution is 2.54. The predicted octanol–water partition coefficient (Wildman–Crippen LogP) is 13.0. The first-order valence-electron chi connectivity index (χ1n) is 36.2. The fourth-order valence-corrected chi connectivity index (χ4v) is 11.5. The first-order chi connectivity index (χ1) is 45.9. The Morgan fingerprint density at radius 2 is 1.06 bits per heavy atom. The Morgan fingerprint density at radius 1 is 0.500 bits per heavy atom. The third-order valence-electron chi connectivity index (χ3n) is 16.4. The molecule has 0 amide bonds. The van der Waals surface area contributed by atoms with Crippen LogP contribution in [0.25, 0.3) is 11.4 Å². The van der Waals surface area contributed by atoms with E-state index < -0.39 is 0 Å². The molecule has 20 heteroatoms. The molecule has 4 atom stereocenters. The molecule has 0 radical (unpaired) electrons. The standard InChI is InChI=1S/C29H35N3O4.C18H29N3O4.C17H31N3O3.3C4H10/c1-19(2)26(34)15-17-36-16-7-9-21(33)13-14-27(35)25-18-20-8-3-4-10-22(20)28-29(31-32-30-28)24-12-6-5-11-23(24)25;1-11(2)18(23)24-9-3-4-17(22)25-10-14-12-5-7-15-16(20-21-19-15)8-6-13(12)14;1-13(2)11-22-10-6-7-14(21)12-23-16-9-5-3-4-8-15-17(16)19-20-18-15;3*1-4(2)3/h3-6,8,10-12,19,25,30-32H,7,9,13-18H2,1-2H3;11-14,19-21H,3-10H2,1-2H3;13,16,18-20H,3-12H2,1-2H3;3*4H,1-3H3. The molecular weight excluding hydrogens is 1210 g/mol. The highest BCUT2D eigenvalue weighted by Gasteiger charge is 2.50. The van der Waals surface area contributed by atoms with Crippen LogP contribution >= 0.6 is 0 Å². The molecule has 1 fully saturated rings. The van der Waals surface area contributed by atoms with E-state index >= 15 is 0 Å². The Morgan fingerprint density at radius 3 is 1.70 bits per heavy atom. The van der Waals surface area contributed by atoms with E-state index in [1.165, 1.54) is 29.9 Å². The van der Waals surface area contributed by atoms with Gasteiger partial charge in [-0.15, -0.1) is 5.53 Å². The van der Waals surface area contributed by atoms with Gasteiger partial charge in [-0.05, 0) is 123 Å². The van der Waals surface area contributed by atoms with Crippen LogP contribution in [0.2, 0.25) is 0 Å². The Labute approximate surface area is 576 Å². The number of benzene rings is 2. The molecule has 4 unspecified atom stereocenters. The average molecular weight is 1340 g/mol. The zero-order chi connectivity index (χ0) is 70.5. The van der Waals surface area contributed by atoms with E-state index in [1.54, 1.807) is 13.8 Å². The lowest BCUT2D eigenvalue weighted by Gasteiger charge is -2.24. The van der Waals surface area contributed by atoms with Crippen molar-refractivity contribution in [3.63, 3.8) is 0 Å². The number of allylic oxidation sites excluding steroid dienone is 3. The molecule has 2 aromatic carbocycles. The summed E-state index contributed by atoms with van der Waals surface area (Å²) in [6.07, 6.45) is 14.5. The van der Waals surface area contributed by atoms with Gasteiger partial charge in [-0.3, -0.25) is 28.8 Å². The van der Waals surface area contributed by atoms with Crippen LogP contribution < -0.4 is 49.2 Å². The van der Waals surface area contributed by atoms with Crippen LogP contribution in [0.3, 0.4) is 0 Å². The van der Waals surface area contributed by atoms with Crippen LogP contribution in [0, 0.1) is 53.3 Å². The van der Waals surface area contributed by atoms with Crippen LogP contribution in [0.4, 0.5) is 0 Å². The lowest BCUT2D eigenvalue weighted by Crippen LogP contribution is -2.35. The molecule has 0 saturated heterocycles. The normalized spacial score (nSPS) is 19.5. The van der Waals surface area contributed by atoms with E-state index in [-0.39, 0.29) is 85.0 Å². The topological polar surface area (TPSA) is 257 Å².